The third kappa shape index (κ3) is 4.93. The number of ether oxygens (including phenoxy) is 1. The number of nitrogens with one attached hydrogen (secondary N) is 1. The van der Waals surface area contributed by atoms with Gasteiger partial charge in [0.1, 0.15) is 18.2 Å². The lowest BCUT2D eigenvalue weighted by Crippen LogP contribution is -2.34. The summed E-state index contributed by atoms with van der Waals surface area (Å²) >= 11 is 0. The molecule has 0 radical (unpaired) electrons. The number of aromatic amines is 1. The molecule has 156 valence electrons. The quantitative estimate of drug-likeness (QED) is 0.627. The number of hydrogen-bond donors (Lipinski definition) is 2. The van der Waals surface area contributed by atoms with Gasteiger partial charge in [0, 0.05) is 30.6 Å². The number of H-pyrrole nitrogens is 1. The summed E-state index contributed by atoms with van der Waals surface area (Å²) in [6.45, 7) is 2.04. The van der Waals surface area contributed by atoms with Crippen LogP contribution in [0.15, 0.2) is 59.7 Å². The van der Waals surface area contributed by atoms with Gasteiger partial charge in [-0.3, -0.25) is 14.7 Å². The molecule has 1 aromatic carbocycles. The molecule has 0 amide bonds. The number of nitrogens with zero attached hydrogens (tertiary/aromatic N) is 3. The Morgan fingerprint density at radius 1 is 1.20 bits per heavy atom. The molecule has 1 aliphatic rings. The Morgan fingerprint density at radius 2 is 2.07 bits per heavy atom. The van der Waals surface area contributed by atoms with Crippen LogP contribution in [-0.2, 0) is 6.54 Å². The SMILES string of the molecule is O=c1cc([C@H]2CCCCN2Cc2ccc(OCCO)cc2)nc(-c2cccnc2)[nH]1. The second-order valence-corrected chi connectivity index (χ2v) is 7.46. The van der Waals surface area contributed by atoms with Crippen molar-refractivity contribution in [3.63, 3.8) is 0 Å². The van der Waals surface area contributed by atoms with Gasteiger partial charge in [-0.2, -0.15) is 0 Å². The number of pyridine rings is 1. The highest BCUT2D eigenvalue weighted by molar-refractivity contribution is 5.52. The van der Waals surface area contributed by atoms with Crippen LogP contribution in [0.4, 0.5) is 0 Å². The summed E-state index contributed by atoms with van der Waals surface area (Å²) in [5.74, 6) is 1.31. The molecule has 3 aromatic rings. The van der Waals surface area contributed by atoms with E-state index >= 15 is 0 Å². The minimum absolute atomic E-state index is 0.00144. The number of benzene rings is 1. The maximum atomic E-state index is 12.3. The van der Waals surface area contributed by atoms with Gasteiger partial charge in [0.2, 0.25) is 0 Å². The maximum Gasteiger partial charge on any atom is 0.251 e. The van der Waals surface area contributed by atoms with E-state index in [4.69, 9.17) is 14.8 Å². The predicted molar refractivity (Wildman–Crippen MR) is 114 cm³/mol. The van der Waals surface area contributed by atoms with Gasteiger partial charge in [-0.1, -0.05) is 18.6 Å². The molecule has 3 heterocycles. The van der Waals surface area contributed by atoms with E-state index in [0.717, 1.165) is 49.4 Å². The zero-order chi connectivity index (χ0) is 20.8. The van der Waals surface area contributed by atoms with Crippen LogP contribution in [0.2, 0.25) is 0 Å². The van der Waals surface area contributed by atoms with Gasteiger partial charge in [0.25, 0.3) is 5.56 Å². The summed E-state index contributed by atoms with van der Waals surface area (Å²) in [7, 11) is 0. The second kappa shape index (κ2) is 9.65. The van der Waals surface area contributed by atoms with Gasteiger partial charge in [0.15, 0.2) is 0 Å². The molecular formula is C23H26N4O3. The van der Waals surface area contributed by atoms with Gasteiger partial charge < -0.3 is 14.8 Å². The minimum Gasteiger partial charge on any atom is -0.491 e. The number of hydrogen-bond acceptors (Lipinski definition) is 6. The van der Waals surface area contributed by atoms with Crippen molar-refractivity contribution >= 4 is 0 Å². The first-order chi connectivity index (χ1) is 14.7. The van der Waals surface area contributed by atoms with Crippen LogP contribution in [-0.4, -0.2) is 44.7 Å². The van der Waals surface area contributed by atoms with Gasteiger partial charge in [-0.15, -0.1) is 0 Å². The molecule has 1 fully saturated rings. The average molecular weight is 406 g/mol. The van der Waals surface area contributed by atoms with Crippen LogP contribution in [0.5, 0.6) is 5.75 Å². The van der Waals surface area contributed by atoms with Gasteiger partial charge in [0.05, 0.1) is 18.3 Å². The van der Waals surface area contributed by atoms with Crippen molar-refractivity contribution in [3.8, 4) is 17.1 Å². The van der Waals surface area contributed by atoms with E-state index < -0.39 is 0 Å². The highest BCUT2D eigenvalue weighted by Gasteiger charge is 2.26. The zero-order valence-corrected chi connectivity index (χ0v) is 16.8. The first-order valence-electron chi connectivity index (χ1n) is 10.3. The molecule has 1 aliphatic heterocycles. The molecule has 1 saturated heterocycles. The molecule has 30 heavy (non-hydrogen) atoms. The van der Waals surface area contributed by atoms with Crippen LogP contribution in [0.25, 0.3) is 11.4 Å². The number of aliphatic hydroxyl groups excluding tert-OH is 1. The highest BCUT2D eigenvalue weighted by atomic mass is 16.5. The summed E-state index contributed by atoms with van der Waals surface area (Å²) in [6.07, 6.45) is 6.63. The van der Waals surface area contributed by atoms with E-state index in [1.807, 2.05) is 36.4 Å². The molecule has 0 saturated carbocycles. The largest absolute Gasteiger partial charge is 0.491 e. The lowest BCUT2D eigenvalue weighted by atomic mass is 9.98. The molecule has 0 bridgehead atoms. The van der Waals surface area contributed by atoms with Gasteiger partial charge >= 0.3 is 0 Å². The molecule has 1 atom stereocenters. The van der Waals surface area contributed by atoms with Crippen molar-refractivity contribution < 1.29 is 9.84 Å². The first kappa shape index (κ1) is 20.3. The molecule has 0 spiro atoms. The first-order valence-corrected chi connectivity index (χ1v) is 10.3. The van der Waals surface area contributed by atoms with Crippen molar-refractivity contribution in [2.45, 2.75) is 31.8 Å². The minimum atomic E-state index is -0.144. The lowest BCUT2D eigenvalue weighted by Gasteiger charge is -2.35. The van der Waals surface area contributed by atoms with E-state index in [1.54, 1.807) is 18.5 Å². The van der Waals surface area contributed by atoms with Gasteiger partial charge in [-0.05, 0) is 49.2 Å². The molecule has 4 rings (SSSR count). The number of aromatic nitrogens is 3. The Hall–Kier alpha value is -3.03. The van der Waals surface area contributed by atoms with Crippen molar-refractivity contribution in [3.05, 3.63) is 76.5 Å². The van der Waals surface area contributed by atoms with Crippen LogP contribution in [0, 0.1) is 0 Å². The molecule has 0 aliphatic carbocycles. The molecule has 2 aromatic heterocycles. The van der Waals surface area contributed by atoms with Crippen LogP contribution >= 0.6 is 0 Å². The fourth-order valence-corrected chi connectivity index (χ4v) is 3.89. The van der Waals surface area contributed by atoms with Crippen LogP contribution < -0.4 is 10.3 Å². The molecule has 2 N–H and O–H groups in total. The second-order valence-electron chi connectivity index (χ2n) is 7.46. The van der Waals surface area contributed by atoms with Crippen molar-refractivity contribution in [2.75, 3.05) is 19.8 Å². The molecule has 7 nitrogen and oxygen atoms in total. The Morgan fingerprint density at radius 3 is 2.83 bits per heavy atom. The number of aliphatic hydroxyl groups is 1. The Balaban J connectivity index is 1.55. The third-order valence-electron chi connectivity index (χ3n) is 5.32. The molecule has 0 unspecified atom stereocenters. The number of likely N-dealkylation sites (tertiary alicyclic amines) is 1. The molecule has 7 heteroatoms. The third-order valence-corrected chi connectivity index (χ3v) is 5.32. The summed E-state index contributed by atoms with van der Waals surface area (Å²) in [4.78, 5) is 26.5. The average Bonchev–Trinajstić information content (AvgIpc) is 2.79. The Labute approximate surface area is 175 Å². The Bertz CT molecular complexity index is 1000. The van der Waals surface area contributed by atoms with E-state index in [-0.39, 0.29) is 18.2 Å². The lowest BCUT2D eigenvalue weighted by molar-refractivity contribution is 0.137. The van der Waals surface area contributed by atoms with Crippen molar-refractivity contribution in [1.82, 2.24) is 19.9 Å². The highest BCUT2D eigenvalue weighted by Crippen LogP contribution is 2.31. The van der Waals surface area contributed by atoms with E-state index in [1.165, 1.54) is 5.56 Å². The van der Waals surface area contributed by atoms with Crippen LogP contribution in [0.1, 0.15) is 36.6 Å². The summed E-state index contributed by atoms with van der Waals surface area (Å²) in [6, 6.07) is 13.4. The molecular weight excluding hydrogens is 380 g/mol. The van der Waals surface area contributed by atoms with E-state index in [0.29, 0.717) is 12.4 Å². The smallest absolute Gasteiger partial charge is 0.251 e. The standard InChI is InChI=1S/C23H26N4O3/c28-12-13-30-19-8-6-17(7-9-19)16-27-11-2-1-5-21(27)20-14-22(29)26-23(25-20)18-4-3-10-24-15-18/h3-4,6-10,14-15,21,28H,1-2,5,11-13,16H2,(H,25,26,29)/t21-/m1/s1. The summed E-state index contributed by atoms with van der Waals surface area (Å²) < 4.78 is 5.44. The fraction of sp³-hybridized carbons (Fsp3) is 0.348. The van der Waals surface area contributed by atoms with Gasteiger partial charge in [-0.25, -0.2) is 4.98 Å². The monoisotopic (exact) mass is 406 g/mol. The summed E-state index contributed by atoms with van der Waals surface area (Å²) in [5, 5.41) is 8.88. The fourth-order valence-electron chi connectivity index (χ4n) is 3.89. The van der Waals surface area contributed by atoms with Crippen LogP contribution in [0.3, 0.4) is 0 Å². The van der Waals surface area contributed by atoms with Crippen molar-refractivity contribution in [1.29, 1.82) is 0 Å². The maximum absolute atomic E-state index is 12.3. The predicted octanol–water partition coefficient (Wildman–Crippen LogP) is 2.93. The Kier molecular flexibility index (Phi) is 6.51. The number of piperidine rings is 1. The topological polar surface area (TPSA) is 91.3 Å². The zero-order valence-electron chi connectivity index (χ0n) is 16.8. The number of rotatable bonds is 7. The normalized spacial score (nSPS) is 17.0. The van der Waals surface area contributed by atoms with E-state index in [2.05, 4.69) is 14.9 Å². The van der Waals surface area contributed by atoms with Crippen molar-refractivity contribution in [2.24, 2.45) is 0 Å². The van der Waals surface area contributed by atoms with E-state index in [9.17, 15) is 4.79 Å². The summed E-state index contributed by atoms with van der Waals surface area (Å²) in [5.41, 5.74) is 2.64.